The summed E-state index contributed by atoms with van der Waals surface area (Å²) in [6.45, 7) is -0.0972. The van der Waals surface area contributed by atoms with Crippen LogP contribution in [0.2, 0.25) is 0 Å². The Kier molecular flexibility index (Phi) is 6.73. The predicted octanol–water partition coefficient (Wildman–Crippen LogP) is 1.21. The van der Waals surface area contributed by atoms with Gasteiger partial charge in [0.2, 0.25) is 0 Å². The summed E-state index contributed by atoms with van der Waals surface area (Å²) < 4.78 is 15.8. The molecular formula is C21H21FN6O3. The molecule has 160 valence electrons. The fourth-order valence-corrected chi connectivity index (χ4v) is 2.86. The maximum Gasteiger partial charge on any atom is 0.320 e. The Labute approximate surface area is 177 Å². The number of hydrogen-bond acceptors (Lipinski definition) is 5. The molecule has 2 aromatic carbocycles. The number of aromatic nitrogens is 2. The van der Waals surface area contributed by atoms with Crippen LogP contribution in [0.5, 0.6) is 0 Å². The molecule has 0 aliphatic heterocycles. The molecule has 0 aliphatic rings. The summed E-state index contributed by atoms with van der Waals surface area (Å²) in [5.74, 6) is -2.24. The first-order valence-corrected chi connectivity index (χ1v) is 9.31. The average Bonchev–Trinajstić information content (AvgIpc) is 3.27. The number of nitrogens with one attached hydrogen (secondary N) is 1. The van der Waals surface area contributed by atoms with Crippen molar-refractivity contribution in [3.8, 4) is 5.69 Å². The Bertz CT molecular complexity index is 1100. The van der Waals surface area contributed by atoms with Gasteiger partial charge in [0.25, 0.3) is 5.91 Å². The molecule has 1 aromatic heterocycles. The van der Waals surface area contributed by atoms with E-state index in [1.54, 1.807) is 42.7 Å². The number of carbonyl (C=O) groups is 2. The Morgan fingerprint density at radius 3 is 2.58 bits per heavy atom. The van der Waals surface area contributed by atoms with E-state index in [4.69, 9.17) is 16.6 Å². The maximum absolute atomic E-state index is 14.3. The molecular weight excluding hydrogens is 403 g/mol. The predicted molar refractivity (Wildman–Crippen MR) is 112 cm³/mol. The van der Waals surface area contributed by atoms with Gasteiger partial charge in [-0.05, 0) is 42.3 Å². The second-order valence-corrected chi connectivity index (χ2v) is 6.69. The third kappa shape index (κ3) is 5.52. The molecule has 9 nitrogen and oxygen atoms in total. The van der Waals surface area contributed by atoms with Gasteiger partial charge >= 0.3 is 5.97 Å². The lowest BCUT2D eigenvalue weighted by atomic mass is 10.0. The van der Waals surface area contributed by atoms with E-state index in [1.807, 2.05) is 0 Å². The highest BCUT2D eigenvalue weighted by Crippen LogP contribution is 2.18. The van der Waals surface area contributed by atoms with Gasteiger partial charge in [0.05, 0.1) is 12.2 Å². The number of halogens is 1. The first-order chi connectivity index (χ1) is 14.8. The number of carboxylic acids is 1. The Hall–Kier alpha value is -4.05. The number of carbonyl (C=O) groups excluding carboxylic acids is 1. The van der Waals surface area contributed by atoms with Crippen LogP contribution in [0.3, 0.4) is 0 Å². The van der Waals surface area contributed by atoms with Crippen LogP contribution < -0.4 is 16.8 Å². The molecule has 0 spiro atoms. The van der Waals surface area contributed by atoms with E-state index < -0.39 is 23.7 Å². The molecule has 0 radical (unpaired) electrons. The van der Waals surface area contributed by atoms with Gasteiger partial charge in [0.1, 0.15) is 11.9 Å². The standard InChI is InChI=1S/C21H21FN6O3/c22-16-3-1-4-18(28-10-2-9-26-28)15(16)12-25-21(24)27-19(29)14-7-5-13(6-8-14)11-17(23)20(30)31/h1-10,17H,11-12,23H2,(H,30,31)(H3,24,25,27,29)/t17-/m0/s1. The van der Waals surface area contributed by atoms with Crippen molar-refractivity contribution < 1.29 is 19.1 Å². The lowest BCUT2D eigenvalue weighted by Gasteiger charge is -2.10. The molecule has 10 heteroatoms. The monoisotopic (exact) mass is 424 g/mol. The van der Waals surface area contributed by atoms with Crippen LogP contribution in [-0.2, 0) is 17.8 Å². The summed E-state index contributed by atoms with van der Waals surface area (Å²) in [6.07, 6.45) is 3.40. The second-order valence-electron chi connectivity index (χ2n) is 6.69. The number of aliphatic imine (C=N–C) groups is 1. The van der Waals surface area contributed by atoms with Crippen molar-refractivity contribution in [1.82, 2.24) is 15.1 Å². The lowest BCUT2D eigenvalue weighted by molar-refractivity contribution is -0.138. The quantitative estimate of drug-likeness (QED) is 0.331. The summed E-state index contributed by atoms with van der Waals surface area (Å²) >= 11 is 0. The van der Waals surface area contributed by atoms with Crippen LogP contribution in [0.25, 0.3) is 5.69 Å². The number of guanidine groups is 1. The molecule has 3 aromatic rings. The van der Waals surface area contributed by atoms with Gasteiger partial charge in [-0.15, -0.1) is 0 Å². The van der Waals surface area contributed by atoms with Gasteiger partial charge in [-0.2, -0.15) is 5.10 Å². The highest BCUT2D eigenvalue weighted by atomic mass is 19.1. The largest absolute Gasteiger partial charge is 0.480 e. The zero-order valence-corrected chi connectivity index (χ0v) is 16.4. The van der Waals surface area contributed by atoms with E-state index in [9.17, 15) is 14.0 Å². The summed E-state index contributed by atoms with van der Waals surface area (Å²) in [4.78, 5) is 27.2. The van der Waals surface area contributed by atoms with Crippen LogP contribution in [0.1, 0.15) is 21.5 Å². The molecule has 0 aliphatic carbocycles. The SMILES string of the molecule is NC(=NCc1c(F)cccc1-n1cccn1)NC(=O)c1ccc(C[C@H](N)C(=O)O)cc1. The van der Waals surface area contributed by atoms with Gasteiger partial charge in [-0.3, -0.25) is 14.9 Å². The van der Waals surface area contributed by atoms with E-state index in [1.165, 1.54) is 22.9 Å². The van der Waals surface area contributed by atoms with Crippen molar-refractivity contribution in [3.63, 3.8) is 0 Å². The fourth-order valence-electron chi connectivity index (χ4n) is 2.86. The molecule has 0 bridgehead atoms. The van der Waals surface area contributed by atoms with Crippen LogP contribution in [0.4, 0.5) is 4.39 Å². The van der Waals surface area contributed by atoms with Gasteiger partial charge in [0.15, 0.2) is 5.96 Å². The Morgan fingerprint density at radius 2 is 1.94 bits per heavy atom. The summed E-state index contributed by atoms with van der Waals surface area (Å²) in [7, 11) is 0. The average molecular weight is 424 g/mol. The van der Waals surface area contributed by atoms with Crippen molar-refractivity contribution in [1.29, 1.82) is 0 Å². The van der Waals surface area contributed by atoms with Crippen molar-refractivity contribution in [3.05, 3.63) is 83.4 Å². The zero-order valence-electron chi connectivity index (χ0n) is 16.4. The second kappa shape index (κ2) is 9.63. The number of amides is 1. The third-order valence-electron chi connectivity index (χ3n) is 4.48. The minimum atomic E-state index is -1.10. The number of nitrogens with zero attached hydrogens (tertiary/aromatic N) is 3. The van der Waals surface area contributed by atoms with Crippen molar-refractivity contribution >= 4 is 17.8 Å². The van der Waals surface area contributed by atoms with E-state index in [-0.39, 0.29) is 24.5 Å². The normalized spacial score (nSPS) is 12.4. The number of aliphatic carboxylic acids is 1. The topological polar surface area (TPSA) is 149 Å². The fraction of sp³-hybridized carbons (Fsp3) is 0.143. The first kappa shape index (κ1) is 21.7. The van der Waals surface area contributed by atoms with E-state index in [2.05, 4.69) is 15.4 Å². The first-order valence-electron chi connectivity index (χ1n) is 9.31. The van der Waals surface area contributed by atoms with Crippen molar-refractivity contribution in [2.45, 2.75) is 19.0 Å². The van der Waals surface area contributed by atoms with Crippen LogP contribution in [-0.4, -0.2) is 38.8 Å². The molecule has 6 N–H and O–H groups in total. The molecule has 0 saturated heterocycles. The van der Waals surface area contributed by atoms with Crippen molar-refractivity contribution in [2.24, 2.45) is 16.5 Å². The van der Waals surface area contributed by atoms with Gasteiger partial charge in [-0.1, -0.05) is 18.2 Å². The Morgan fingerprint density at radius 1 is 1.19 bits per heavy atom. The number of rotatable bonds is 7. The number of hydrogen-bond donors (Lipinski definition) is 4. The van der Waals surface area contributed by atoms with Crippen LogP contribution in [0.15, 0.2) is 65.9 Å². The highest BCUT2D eigenvalue weighted by molar-refractivity contribution is 6.05. The van der Waals surface area contributed by atoms with Gasteiger partial charge in [0, 0.05) is 23.5 Å². The van der Waals surface area contributed by atoms with Gasteiger partial charge < -0.3 is 16.6 Å². The number of carboxylic acid groups (broad SMARTS) is 1. The number of nitrogens with two attached hydrogens (primary N) is 2. The summed E-state index contributed by atoms with van der Waals surface area (Å²) in [6, 6.07) is 11.6. The number of benzene rings is 2. The maximum atomic E-state index is 14.3. The third-order valence-corrected chi connectivity index (χ3v) is 4.48. The minimum Gasteiger partial charge on any atom is -0.480 e. The zero-order chi connectivity index (χ0) is 22.4. The summed E-state index contributed by atoms with van der Waals surface area (Å²) in [5.41, 5.74) is 13.1. The lowest BCUT2D eigenvalue weighted by Crippen LogP contribution is -2.37. The molecule has 0 fully saturated rings. The molecule has 1 amide bonds. The van der Waals surface area contributed by atoms with E-state index in [0.717, 1.165) is 0 Å². The highest BCUT2D eigenvalue weighted by Gasteiger charge is 2.14. The molecule has 31 heavy (non-hydrogen) atoms. The van der Waals surface area contributed by atoms with Crippen molar-refractivity contribution in [2.75, 3.05) is 0 Å². The van der Waals surface area contributed by atoms with Gasteiger partial charge in [-0.25, -0.2) is 14.1 Å². The van der Waals surface area contributed by atoms with Crippen LogP contribution in [0, 0.1) is 5.82 Å². The van der Waals surface area contributed by atoms with E-state index >= 15 is 0 Å². The van der Waals surface area contributed by atoms with E-state index in [0.29, 0.717) is 16.8 Å². The Balaban J connectivity index is 1.66. The minimum absolute atomic E-state index is 0.0972. The summed E-state index contributed by atoms with van der Waals surface area (Å²) in [5, 5.41) is 15.4. The van der Waals surface area contributed by atoms with Crippen LogP contribution >= 0.6 is 0 Å². The molecule has 1 heterocycles. The molecule has 0 unspecified atom stereocenters. The molecule has 1 atom stereocenters. The smallest absolute Gasteiger partial charge is 0.320 e. The molecule has 3 rings (SSSR count). The molecule has 0 saturated carbocycles.